The molecule has 0 saturated carbocycles. The number of rotatable bonds is 9. The summed E-state index contributed by atoms with van der Waals surface area (Å²) >= 11 is 5.91. The summed E-state index contributed by atoms with van der Waals surface area (Å²) in [5, 5.41) is 4.24. The number of halogens is 1. The van der Waals surface area contributed by atoms with Crippen molar-refractivity contribution in [2.75, 3.05) is 23.7 Å². The number of nitrogens with one attached hydrogen (secondary N) is 1. The number of benzene rings is 2. The molecule has 150 valence electrons. The van der Waals surface area contributed by atoms with E-state index < -0.39 is 22.5 Å². The van der Waals surface area contributed by atoms with Gasteiger partial charge in [0.15, 0.2) is 0 Å². The molecule has 2 rings (SSSR count). The van der Waals surface area contributed by atoms with E-state index in [1.54, 1.807) is 30.3 Å². The van der Waals surface area contributed by atoms with Crippen LogP contribution in [-0.4, -0.2) is 39.9 Å². The van der Waals surface area contributed by atoms with Crippen LogP contribution in [-0.2, 0) is 14.8 Å². The lowest BCUT2D eigenvalue weighted by Gasteiger charge is -2.21. The Bertz CT molecular complexity index is 930. The fourth-order valence-electron chi connectivity index (χ4n) is 2.25. The molecule has 0 fully saturated rings. The van der Waals surface area contributed by atoms with Crippen LogP contribution in [0.1, 0.15) is 18.9 Å². The first-order valence-corrected chi connectivity index (χ1v) is 10.8. The average Bonchev–Trinajstić information content (AvgIpc) is 2.64. The van der Waals surface area contributed by atoms with E-state index in [-0.39, 0.29) is 0 Å². The highest BCUT2D eigenvalue weighted by molar-refractivity contribution is 7.92. The molecule has 0 heterocycles. The Morgan fingerprint density at radius 1 is 1.25 bits per heavy atom. The van der Waals surface area contributed by atoms with Gasteiger partial charge in [0, 0.05) is 5.02 Å². The van der Waals surface area contributed by atoms with Crippen LogP contribution in [0.3, 0.4) is 0 Å². The van der Waals surface area contributed by atoms with Gasteiger partial charge in [0.25, 0.3) is 5.91 Å². The lowest BCUT2D eigenvalue weighted by atomic mass is 10.2. The number of hydrazone groups is 1. The van der Waals surface area contributed by atoms with Gasteiger partial charge in [-0.3, -0.25) is 9.10 Å². The van der Waals surface area contributed by atoms with Crippen molar-refractivity contribution in [3.8, 4) is 5.75 Å². The second kappa shape index (κ2) is 10.1. The number of hydrogen-bond donors (Lipinski definition) is 1. The highest BCUT2D eigenvalue weighted by Crippen LogP contribution is 2.21. The Morgan fingerprint density at radius 2 is 1.96 bits per heavy atom. The fourth-order valence-corrected chi connectivity index (χ4v) is 3.28. The quantitative estimate of drug-likeness (QED) is 0.496. The molecule has 0 atom stereocenters. The first-order valence-electron chi connectivity index (χ1n) is 8.57. The largest absolute Gasteiger partial charge is 0.494 e. The zero-order valence-corrected chi connectivity index (χ0v) is 17.2. The van der Waals surface area contributed by atoms with Gasteiger partial charge in [0.1, 0.15) is 12.3 Å². The second-order valence-corrected chi connectivity index (χ2v) is 8.30. The van der Waals surface area contributed by atoms with Gasteiger partial charge < -0.3 is 4.74 Å². The Balaban J connectivity index is 1.98. The van der Waals surface area contributed by atoms with Crippen molar-refractivity contribution in [1.29, 1.82) is 0 Å². The van der Waals surface area contributed by atoms with Crippen molar-refractivity contribution in [2.24, 2.45) is 5.10 Å². The number of ether oxygens (including phenoxy) is 1. The fraction of sp³-hybridized carbons (Fsp3) is 0.263. The normalized spacial score (nSPS) is 11.4. The van der Waals surface area contributed by atoms with Crippen molar-refractivity contribution < 1.29 is 17.9 Å². The highest BCUT2D eigenvalue weighted by Gasteiger charge is 2.20. The minimum absolute atomic E-state index is 0.303. The van der Waals surface area contributed by atoms with Gasteiger partial charge in [-0.05, 0) is 54.4 Å². The minimum Gasteiger partial charge on any atom is -0.494 e. The molecule has 2 aromatic carbocycles. The summed E-state index contributed by atoms with van der Waals surface area (Å²) in [6.07, 6.45) is 3.41. The molecular formula is C19H22ClN3O4S. The molecule has 0 saturated heterocycles. The molecule has 7 nitrogen and oxygen atoms in total. The maximum Gasteiger partial charge on any atom is 0.260 e. The van der Waals surface area contributed by atoms with Gasteiger partial charge in [0.2, 0.25) is 10.0 Å². The maximum atomic E-state index is 12.1. The Kier molecular flexibility index (Phi) is 7.83. The van der Waals surface area contributed by atoms with Crippen molar-refractivity contribution in [1.82, 2.24) is 5.43 Å². The Labute approximate surface area is 170 Å². The minimum atomic E-state index is -3.67. The number of carbonyl (C=O) groups excluding carboxylic acids is 1. The van der Waals surface area contributed by atoms with Crippen LogP contribution in [0.4, 0.5) is 5.69 Å². The van der Waals surface area contributed by atoms with Crippen LogP contribution in [0.5, 0.6) is 5.75 Å². The van der Waals surface area contributed by atoms with Gasteiger partial charge in [-0.2, -0.15) is 5.10 Å². The molecule has 1 N–H and O–H groups in total. The standard InChI is InChI=1S/C19H22ClN3O4S/c1-3-11-27-18-9-7-15(8-10-18)13-21-22-19(24)14-23(28(2,25)26)17-6-4-5-16(20)12-17/h4-10,12-13H,3,11,14H2,1-2H3,(H,22,24)/b21-13-. The summed E-state index contributed by atoms with van der Waals surface area (Å²) in [5.74, 6) is 0.179. The number of carbonyl (C=O) groups is 1. The number of sulfonamides is 1. The van der Waals surface area contributed by atoms with Gasteiger partial charge >= 0.3 is 0 Å². The van der Waals surface area contributed by atoms with Crippen LogP contribution in [0.15, 0.2) is 53.6 Å². The lowest BCUT2D eigenvalue weighted by Crippen LogP contribution is -2.39. The summed E-state index contributed by atoms with van der Waals surface area (Å²) in [6, 6.07) is 13.5. The first-order chi connectivity index (χ1) is 13.3. The molecule has 0 unspecified atom stereocenters. The Hall–Kier alpha value is -2.58. The van der Waals surface area contributed by atoms with E-state index in [0.29, 0.717) is 17.3 Å². The van der Waals surface area contributed by atoms with Crippen molar-refractivity contribution >= 4 is 39.4 Å². The number of anilines is 1. The van der Waals surface area contributed by atoms with Gasteiger partial charge in [-0.25, -0.2) is 13.8 Å². The van der Waals surface area contributed by atoms with Crippen LogP contribution in [0.25, 0.3) is 0 Å². The monoisotopic (exact) mass is 423 g/mol. The zero-order chi connectivity index (χ0) is 20.6. The SMILES string of the molecule is CCCOc1ccc(/C=N\NC(=O)CN(c2cccc(Cl)c2)S(C)(=O)=O)cc1. The molecular weight excluding hydrogens is 402 g/mol. The van der Waals surface area contributed by atoms with Crippen LogP contribution < -0.4 is 14.5 Å². The molecule has 0 bridgehead atoms. The zero-order valence-electron chi connectivity index (χ0n) is 15.6. The highest BCUT2D eigenvalue weighted by atomic mass is 35.5. The summed E-state index contributed by atoms with van der Waals surface area (Å²) in [4.78, 5) is 12.1. The van der Waals surface area contributed by atoms with Gasteiger partial charge in [-0.15, -0.1) is 0 Å². The number of hydrogen-bond acceptors (Lipinski definition) is 5. The molecule has 0 aliphatic heterocycles. The number of nitrogens with zero attached hydrogens (tertiary/aromatic N) is 2. The molecule has 9 heteroatoms. The third-order valence-electron chi connectivity index (χ3n) is 3.54. The maximum absolute atomic E-state index is 12.1. The Morgan fingerprint density at radius 3 is 2.57 bits per heavy atom. The van der Waals surface area contributed by atoms with Crippen LogP contribution in [0.2, 0.25) is 5.02 Å². The summed E-state index contributed by atoms with van der Waals surface area (Å²) in [7, 11) is -3.67. The van der Waals surface area contributed by atoms with Crippen molar-refractivity contribution in [3.05, 3.63) is 59.1 Å². The van der Waals surface area contributed by atoms with Crippen molar-refractivity contribution in [2.45, 2.75) is 13.3 Å². The van der Waals surface area contributed by atoms with Crippen LogP contribution >= 0.6 is 11.6 Å². The van der Waals surface area contributed by atoms with E-state index in [9.17, 15) is 13.2 Å². The lowest BCUT2D eigenvalue weighted by molar-refractivity contribution is -0.119. The molecule has 0 radical (unpaired) electrons. The molecule has 0 aromatic heterocycles. The third-order valence-corrected chi connectivity index (χ3v) is 4.92. The van der Waals surface area contributed by atoms with E-state index in [0.717, 1.165) is 28.3 Å². The molecule has 0 spiro atoms. The summed E-state index contributed by atoms with van der Waals surface area (Å²) in [5.41, 5.74) is 3.39. The van der Waals surface area contributed by atoms with Crippen LogP contribution in [0, 0.1) is 0 Å². The summed E-state index contributed by atoms with van der Waals surface area (Å²) in [6.45, 7) is 2.26. The molecule has 1 amide bonds. The molecule has 0 aliphatic carbocycles. The predicted octanol–water partition coefficient (Wildman–Crippen LogP) is 3.05. The smallest absolute Gasteiger partial charge is 0.260 e. The topological polar surface area (TPSA) is 88.1 Å². The first kappa shape index (κ1) is 21.7. The van der Waals surface area contributed by atoms with E-state index in [2.05, 4.69) is 10.5 Å². The molecule has 28 heavy (non-hydrogen) atoms. The molecule has 0 aliphatic rings. The molecule has 2 aromatic rings. The number of amides is 1. The summed E-state index contributed by atoms with van der Waals surface area (Å²) < 4.78 is 30.5. The third kappa shape index (κ3) is 6.86. The van der Waals surface area contributed by atoms with E-state index >= 15 is 0 Å². The van der Waals surface area contributed by atoms with Crippen molar-refractivity contribution in [3.63, 3.8) is 0 Å². The van der Waals surface area contributed by atoms with Gasteiger partial charge in [-0.1, -0.05) is 24.6 Å². The van der Waals surface area contributed by atoms with E-state index in [1.165, 1.54) is 12.3 Å². The van der Waals surface area contributed by atoms with E-state index in [1.807, 2.05) is 19.1 Å². The average molecular weight is 424 g/mol. The van der Waals surface area contributed by atoms with E-state index in [4.69, 9.17) is 16.3 Å². The second-order valence-electron chi connectivity index (χ2n) is 5.96. The van der Waals surface area contributed by atoms with Gasteiger partial charge in [0.05, 0.1) is 24.8 Å². The predicted molar refractivity (Wildman–Crippen MR) is 112 cm³/mol.